The number of rotatable bonds is 5. The molecular formula is C16H19N3O2. The van der Waals surface area contributed by atoms with Gasteiger partial charge < -0.3 is 15.4 Å². The summed E-state index contributed by atoms with van der Waals surface area (Å²) in [6.07, 6.45) is 1.67. The lowest BCUT2D eigenvalue weighted by Crippen LogP contribution is -2.13. The Morgan fingerprint density at radius 2 is 2.00 bits per heavy atom. The molecule has 0 aliphatic carbocycles. The Morgan fingerprint density at radius 3 is 2.62 bits per heavy atom. The van der Waals surface area contributed by atoms with Crippen molar-refractivity contribution in [2.45, 2.75) is 19.9 Å². The summed E-state index contributed by atoms with van der Waals surface area (Å²) in [5.41, 5.74) is 1.58. The second-order valence-corrected chi connectivity index (χ2v) is 4.71. The Balaban J connectivity index is 2.16. The maximum atomic E-state index is 11.2. The van der Waals surface area contributed by atoms with Crippen LogP contribution in [0.4, 0.5) is 5.69 Å². The number of hydrogen-bond donors (Lipinski definition) is 2. The van der Waals surface area contributed by atoms with Gasteiger partial charge in [-0.1, -0.05) is 12.1 Å². The Labute approximate surface area is 124 Å². The summed E-state index contributed by atoms with van der Waals surface area (Å²) in [5, 5.41) is 5.87. The fraction of sp³-hybridized carbons (Fsp3) is 0.250. The lowest BCUT2D eigenvalue weighted by atomic mass is 10.2. The average Bonchev–Trinajstić information content (AvgIpc) is 2.49. The molecule has 2 N–H and O–H groups in total. The van der Waals surface area contributed by atoms with Crippen LogP contribution < -0.4 is 15.4 Å². The zero-order valence-electron chi connectivity index (χ0n) is 12.4. The number of carbonyl (C=O) groups is 1. The highest BCUT2D eigenvalue weighted by atomic mass is 16.5. The van der Waals surface area contributed by atoms with Crippen molar-refractivity contribution in [2.75, 3.05) is 12.4 Å². The van der Waals surface area contributed by atoms with Gasteiger partial charge in [0, 0.05) is 13.0 Å². The molecule has 0 saturated carbocycles. The summed E-state index contributed by atoms with van der Waals surface area (Å²) in [5.74, 6) is 1.08. The number of benzene rings is 1. The SMILES string of the molecule is CNC(C)c1ccc(Oc2ccccc2NC(C)=O)cn1. The molecule has 1 amide bonds. The number of ether oxygens (including phenoxy) is 1. The van der Waals surface area contributed by atoms with Gasteiger partial charge in [-0.25, -0.2) is 0 Å². The van der Waals surface area contributed by atoms with Crippen molar-refractivity contribution < 1.29 is 9.53 Å². The van der Waals surface area contributed by atoms with Crippen molar-refractivity contribution in [1.29, 1.82) is 0 Å². The number of amides is 1. The number of nitrogens with zero attached hydrogens (tertiary/aromatic N) is 1. The minimum absolute atomic E-state index is 0.137. The van der Waals surface area contributed by atoms with Crippen LogP contribution in [0.5, 0.6) is 11.5 Å². The van der Waals surface area contributed by atoms with Crippen molar-refractivity contribution >= 4 is 11.6 Å². The van der Waals surface area contributed by atoms with Crippen LogP contribution in [-0.4, -0.2) is 17.9 Å². The zero-order valence-corrected chi connectivity index (χ0v) is 12.4. The van der Waals surface area contributed by atoms with Gasteiger partial charge in [-0.15, -0.1) is 0 Å². The Bertz CT molecular complexity index is 611. The van der Waals surface area contributed by atoms with Gasteiger partial charge in [0.05, 0.1) is 17.6 Å². The van der Waals surface area contributed by atoms with Gasteiger partial charge in [-0.2, -0.15) is 0 Å². The van der Waals surface area contributed by atoms with Gasteiger partial charge in [-0.05, 0) is 38.2 Å². The number of carbonyl (C=O) groups excluding carboxylic acids is 1. The van der Waals surface area contributed by atoms with Gasteiger partial charge in [0.25, 0.3) is 0 Å². The summed E-state index contributed by atoms with van der Waals surface area (Å²) in [6, 6.07) is 11.3. The number of hydrogen-bond acceptors (Lipinski definition) is 4. The molecule has 2 aromatic rings. The van der Waals surface area contributed by atoms with E-state index in [0.29, 0.717) is 17.2 Å². The molecule has 0 saturated heterocycles. The lowest BCUT2D eigenvalue weighted by molar-refractivity contribution is -0.114. The number of nitrogens with one attached hydrogen (secondary N) is 2. The molecule has 0 fully saturated rings. The molecule has 1 aromatic heterocycles. The fourth-order valence-corrected chi connectivity index (χ4v) is 1.83. The first-order chi connectivity index (χ1) is 10.1. The summed E-state index contributed by atoms with van der Waals surface area (Å²) < 4.78 is 5.78. The largest absolute Gasteiger partial charge is 0.454 e. The summed E-state index contributed by atoms with van der Waals surface area (Å²) in [6.45, 7) is 3.50. The standard InChI is InChI=1S/C16H19N3O2/c1-11(17-3)14-9-8-13(10-18-14)21-16-7-5-4-6-15(16)19-12(2)20/h4-11,17H,1-3H3,(H,19,20). The zero-order chi connectivity index (χ0) is 15.2. The molecule has 0 spiro atoms. The van der Waals surface area contributed by atoms with Crippen molar-refractivity contribution in [2.24, 2.45) is 0 Å². The number of pyridine rings is 1. The van der Waals surface area contributed by atoms with Gasteiger partial charge >= 0.3 is 0 Å². The van der Waals surface area contributed by atoms with Crippen LogP contribution in [0.1, 0.15) is 25.6 Å². The van der Waals surface area contributed by atoms with E-state index in [9.17, 15) is 4.79 Å². The first-order valence-corrected chi connectivity index (χ1v) is 6.78. The molecule has 2 rings (SSSR count). The van der Waals surface area contributed by atoms with E-state index >= 15 is 0 Å². The second kappa shape index (κ2) is 6.85. The molecule has 21 heavy (non-hydrogen) atoms. The monoisotopic (exact) mass is 285 g/mol. The highest BCUT2D eigenvalue weighted by Gasteiger charge is 2.07. The molecule has 110 valence electrons. The normalized spacial score (nSPS) is 11.8. The van der Waals surface area contributed by atoms with E-state index in [4.69, 9.17) is 4.74 Å². The van der Waals surface area contributed by atoms with Crippen LogP contribution in [0.15, 0.2) is 42.6 Å². The molecule has 1 atom stereocenters. The molecular weight excluding hydrogens is 266 g/mol. The number of aromatic nitrogens is 1. The van der Waals surface area contributed by atoms with Crippen molar-refractivity contribution in [3.8, 4) is 11.5 Å². The van der Waals surface area contributed by atoms with Crippen LogP contribution in [0.2, 0.25) is 0 Å². The Kier molecular flexibility index (Phi) is 4.90. The highest BCUT2D eigenvalue weighted by Crippen LogP contribution is 2.29. The molecule has 5 nitrogen and oxygen atoms in total. The van der Waals surface area contributed by atoms with E-state index in [2.05, 4.69) is 15.6 Å². The maximum Gasteiger partial charge on any atom is 0.221 e. The van der Waals surface area contributed by atoms with Gasteiger partial charge in [0.2, 0.25) is 5.91 Å². The molecule has 0 radical (unpaired) electrons. The van der Waals surface area contributed by atoms with Crippen LogP contribution >= 0.6 is 0 Å². The minimum Gasteiger partial charge on any atom is -0.454 e. The van der Waals surface area contributed by atoms with Crippen molar-refractivity contribution in [1.82, 2.24) is 10.3 Å². The maximum absolute atomic E-state index is 11.2. The lowest BCUT2D eigenvalue weighted by Gasteiger charge is -2.12. The molecule has 1 unspecified atom stereocenters. The summed E-state index contributed by atoms with van der Waals surface area (Å²) in [7, 11) is 1.89. The van der Waals surface area contributed by atoms with Crippen LogP contribution in [0.25, 0.3) is 0 Å². The van der Waals surface area contributed by atoms with Gasteiger partial charge in [0.1, 0.15) is 5.75 Å². The quantitative estimate of drug-likeness (QED) is 0.886. The van der Waals surface area contributed by atoms with Crippen molar-refractivity contribution in [3.63, 3.8) is 0 Å². The van der Waals surface area contributed by atoms with E-state index < -0.39 is 0 Å². The molecule has 0 aliphatic heterocycles. The molecule has 0 aliphatic rings. The van der Waals surface area contributed by atoms with Crippen LogP contribution in [0, 0.1) is 0 Å². The molecule has 0 bridgehead atoms. The number of anilines is 1. The topological polar surface area (TPSA) is 63.2 Å². The van der Waals surface area contributed by atoms with Crippen molar-refractivity contribution in [3.05, 3.63) is 48.3 Å². The first kappa shape index (κ1) is 15.0. The second-order valence-electron chi connectivity index (χ2n) is 4.71. The average molecular weight is 285 g/mol. The molecule has 5 heteroatoms. The van der Waals surface area contributed by atoms with Crippen LogP contribution in [-0.2, 0) is 4.79 Å². The molecule has 1 aromatic carbocycles. The van der Waals surface area contributed by atoms with E-state index in [-0.39, 0.29) is 11.9 Å². The third kappa shape index (κ3) is 4.03. The van der Waals surface area contributed by atoms with E-state index in [1.807, 2.05) is 38.2 Å². The highest BCUT2D eigenvalue weighted by molar-refractivity contribution is 5.90. The summed E-state index contributed by atoms with van der Waals surface area (Å²) in [4.78, 5) is 15.5. The summed E-state index contributed by atoms with van der Waals surface area (Å²) >= 11 is 0. The van der Waals surface area contributed by atoms with Crippen LogP contribution in [0.3, 0.4) is 0 Å². The number of para-hydroxylation sites is 2. The third-order valence-corrected chi connectivity index (χ3v) is 3.06. The Morgan fingerprint density at radius 1 is 1.24 bits per heavy atom. The third-order valence-electron chi connectivity index (χ3n) is 3.06. The molecule has 1 heterocycles. The predicted molar refractivity (Wildman–Crippen MR) is 82.5 cm³/mol. The van der Waals surface area contributed by atoms with E-state index in [0.717, 1.165) is 5.69 Å². The van der Waals surface area contributed by atoms with Gasteiger partial charge in [-0.3, -0.25) is 9.78 Å². The predicted octanol–water partition coefficient (Wildman–Crippen LogP) is 3.11. The van der Waals surface area contributed by atoms with E-state index in [1.165, 1.54) is 6.92 Å². The Hall–Kier alpha value is -2.40. The smallest absolute Gasteiger partial charge is 0.221 e. The fourth-order valence-electron chi connectivity index (χ4n) is 1.83. The first-order valence-electron chi connectivity index (χ1n) is 6.78. The van der Waals surface area contributed by atoms with Gasteiger partial charge in [0.15, 0.2) is 5.75 Å². The van der Waals surface area contributed by atoms with E-state index in [1.54, 1.807) is 18.3 Å². The minimum atomic E-state index is -0.137.